The first-order valence-corrected chi connectivity index (χ1v) is 7.02. The van der Waals surface area contributed by atoms with Crippen molar-refractivity contribution in [3.05, 3.63) is 29.8 Å². The Kier molecular flexibility index (Phi) is 5.57. The molecule has 0 aliphatic carbocycles. The van der Waals surface area contributed by atoms with Crippen LogP contribution in [0.4, 0.5) is 0 Å². The van der Waals surface area contributed by atoms with E-state index < -0.39 is 11.5 Å². The van der Waals surface area contributed by atoms with Crippen LogP contribution in [0.2, 0.25) is 0 Å². The minimum Gasteiger partial charge on any atom is -0.497 e. The molecule has 1 rings (SSSR count). The summed E-state index contributed by atoms with van der Waals surface area (Å²) in [6.45, 7) is 8.27. The highest BCUT2D eigenvalue weighted by Gasteiger charge is 2.37. The van der Waals surface area contributed by atoms with E-state index in [9.17, 15) is 9.90 Å². The highest BCUT2D eigenvalue weighted by Crippen LogP contribution is 2.31. The fraction of sp³-hybridized carbons (Fsp3) is 0.562. The molecule has 0 aliphatic rings. The molecule has 0 amide bonds. The molecule has 112 valence electrons. The Morgan fingerprint density at radius 2 is 1.85 bits per heavy atom. The molecular formula is C16H25NO3. The first kappa shape index (κ1) is 16.5. The molecule has 1 atom stereocenters. The Labute approximate surface area is 121 Å². The molecule has 1 aromatic rings. The summed E-state index contributed by atoms with van der Waals surface area (Å²) in [5.74, 6) is 0.00968. The molecule has 0 aliphatic heterocycles. The van der Waals surface area contributed by atoms with Gasteiger partial charge in [0.15, 0.2) is 0 Å². The van der Waals surface area contributed by atoms with Gasteiger partial charge in [-0.15, -0.1) is 0 Å². The summed E-state index contributed by atoms with van der Waals surface area (Å²) in [6.07, 6.45) is 0.858. The lowest BCUT2D eigenvalue weighted by atomic mass is 9.94. The van der Waals surface area contributed by atoms with Crippen LogP contribution in [0.5, 0.6) is 5.75 Å². The molecule has 20 heavy (non-hydrogen) atoms. The third-order valence-corrected chi connectivity index (χ3v) is 3.85. The molecule has 0 radical (unpaired) electrons. The van der Waals surface area contributed by atoms with Crippen molar-refractivity contribution in [2.45, 2.75) is 45.7 Å². The molecule has 0 fully saturated rings. The summed E-state index contributed by atoms with van der Waals surface area (Å²) in [5, 5.41) is 9.45. The number of carbonyl (C=O) groups is 1. The smallest absolute Gasteiger partial charge is 0.323 e. The highest BCUT2D eigenvalue weighted by molar-refractivity contribution is 5.77. The first-order chi connectivity index (χ1) is 9.38. The fourth-order valence-electron chi connectivity index (χ4n) is 2.59. The molecule has 0 spiro atoms. The van der Waals surface area contributed by atoms with Gasteiger partial charge in [0, 0.05) is 6.04 Å². The van der Waals surface area contributed by atoms with Crippen LogP contribution in [0.3, 0.4) is 0 Å². The molecule has 0 saturated heterocycles. The van der Waals surface area contributed by atoms with Crippen molar-refractivity contribution in [3.8, 4) is 5.75 Å². The molecule has 0 aromatic heterocycles. The molecule has 1 unspecified atom stereocenters. The van der Waals surface area contributed by atoms with Gasteiger partial charge in [-0.2, -0.15) is 0 Å². The maximum atomic E-state index is 11.5. The van der Waals surface area contributed by atoms with Crippen LogP contribution in [-0.2, 0) is 4.79 Å². The van der Waals surface area contributed by atoms with Crippen molar-refractivity contribution in [1.29, 1.82) is 0 Å². The second-order valence-electron chi connectivity index (χ2n) is 5.35. The summed E-state index contributed by atoms with van der Waals surface area (Å²) < 4.78 is 5.17. The van der Waals surface area contributed by atoms with Crippen LogP contribution < -0.4 is 4.74 Å². The Bertz CT molecular complexity index is 440. The van der Waals surface area contributed by atoms with Crippen LogP contribution in [0.15, 0.2) is 24.3 Å². The van der Waals surface area contributed by atoms with Gasteiger partial charge in [0.1, 0.15) is 11.3 Å². The van der Waals surface area contributed by atoms with Gasteiger partial charge in [-0.05, 0) is 44.5 Å². The van der Waals surface area contributed by atoms with Crippen molar-refractivity contribution in [2.75, 3.05) is 13.7 Å². The number of hydrogen-bond donors (Lipinski definition) is 1. The van der Waals surface area contributed by atoms with Gasteiger partial charge in [0.05, 0.1) is 7.11 Å². The van der Waals surface area contributed by atoms with Crippen molar-refractivity contribution in [3.63, 3.8) is 0 Å². The minimum atomic E-state index is -0.893. The van der Waals surface area contributed by atoms with Crippen molar-refractivity contribution >= 4 is 5.97 Å². The Hall–Kier alpha value is -1.55. The van der Waals surface area contributed by atoms with Crippen molar-refractivity contribution in [1.82, 2.24) is 4.90 Å². The van der Waals surface area contributed by atoms with Crippen molar-refractivity contribution < 1.29 is 14.6 Å². The molecule has 0 saturated carbocycles. The van der Waals surface area contributed by atoms with E-state index in [0.717, 1.165) is 17.7 Å². The number of hydrogen-bond acceptors (Lipinski definition) is 3. The number of nitrogens with zero attached hydrogens (tertiary/aromatic N) is 1. The number of likely N-dealkylation sites (N-methyl/N-ethyl adjacent to an activating group) is 1. The molecule has 1 N–H and O–H groups in total. The monoisotopic (exact) mass is 279 g/mol. The highest BCUT2D eigenvalue weighted by atomic mass is 16.5. The van der Waals surface area contributed by atoms with E-state index in [0.29, 0.717) is 6.54 Å². The second kappa shape index (κ2) is 6.75. The van der Waals surface area contributed by atoms with E-state index in [-0.39, 0.29) is 6.04 Å². The number of benzene rings is 1. The van der Waals surface area contributed by atoms with Gasteiger partial charge in [-0.3, -0.25) is 9.69 Å². The van der Waals surface area contributed by atoms with E-state index in [4.69, 9.17) is 4.74 Å². The maximum Gasteiger partial charge on any atom is 0.323 e. The van der Waals surface area contributed by atoms with Gasteiger partial charge in [-0.25, -0.2) is 0 Å². The third-order valence-electron chi connectivity index (χ3n) is 3.85. The predicted octanol–water partition coefficient (Wildman–Crippen LogP) is 3.33. The molecule has 0 heterocycles. The molecule has 4 nitrogen and oxygen atoms in total. The van der Waals surface area contributed by atoms with Gasteiger partial charge in [-0.1, -0.05) is 26.0 Å². The lowest BCUT2D eigenvalue weighted by Crippen LogP contribution is -2.51. The zero-order valence-corrected chi connectivity index (χ0v) is 13.0. The summed E-state index contributed by atoms with van der Waals surface area (Å²) >= 11 is 0. The maximum absolute atomic E-state index is 11.5. The van der Waals surface area contributed by atoms with Gasteiger partial charge >= 0.3 is 5.97 Å². The first-order valence-electron chi connectivity index (χ1n) is 7.02. The Balaban J connectivity index is 3.11. The standard InChI is InChI=1S/C16H25NO3/c1-6-14(12-8-10-13(20-5)11-9-12)17(7-2)16(3,4)15(18)19/h8-11,14H,6-7H2,1-5H3,(H,18,19). The molecule has 0 bridgehead atoms. The van der Waals surface area contributed by atoms with Crippen LogP contribution in [0.25, 0.3) is 0 Å². The average molecular weight is 279 g/mol. The van der Waals surface area contributed by atoms with E-state index >= 15 is 0 Å². The SMILES string of the molecule is CCC(c1ccc(OC)cc1)N(CC)C(C)(C)C(=O)O. The van der Waals surface area contributed by atoms with Crippen molar-refractivity contribution in [2.24, 2.45) is 0 Å². The molecular weight excluding hydrogens is 254 g/mol. The quantitative estimate of drug-likeness (QED) is 0.831. The van der Waals surface area contributed by atoms with Crippen LogP contribution in [-0.4, -0.2) is 35.2 Å². The van der Waals surface area contributed by atoms with E-state index in [1.807, 2.05) is 36.1 Å². The van der Waals surface area contributed by atoms with E-state index in [2.05, 4.69) is 6.92 Å². The van der Waals surface area contributed by atoms with E-state index in [1.54, 1.807) is 21.0 Å². The topological polar surface area (TPSA) is 49.8 Å². The number of carboxylic acid groups (broad SMARTS) is 1. The lowest BCUT2D eigenvalue weighted by molar-refractivity contribution is -0.151. The third kappa shape index (κ3) is 3.31. The number of ether oxygens (including phenoxy) is 1. The zero-order chi connectivity index (χ0) is 15.3. The summed E-state index contributed by atoms with van der Waals surface area (Å²) in [6, 6.07) is 7.93. The summed E-state index contributed by atoms with van der Waals surface area (Å²) in [4.78, 5) is 13.5. The Morgan fingerprint density at radius 3 is 2.20 bits per heavy atom. The number of rotatable bonds is 7. The number of carboxylic acids is 1. The van der Waals surface area contributed by atoms with Crippen LogP contribution in [0, 0.1) is 0 Å². The van der Waals surface area contributed by atoms with Crippen LogP contribution in [0.1, 0.15) is 45.7 Å². The number of aliphatic carboxylic acids is 1. The van der Waals surface area contributed by atoms with E-state index in [1.165, 1.54) is 0 Å². The second-order valence-corrected chi connectivity index (χ2v) is 5.35. The fourth-order valence-corrected chi connectivity index (χ4v) is 2.59. The average Bonchev–Trinajstić information content (AvgIpc) is 2.44. The lowest BCUT2D eigenvalue weighted by Gasteiger charge is -2.40. The zero-order valence-electron chi connectivity index (χ0n) is 13.0. The van der Waals surface area contributed by atoms with Crippen LogP contribution >= 0.6 is 0 Å². The molecule has 4 heteroatoms. The summed E-state index contributed by atoms with van der Waals surface area (Å²) in [5.41, 5.74) is 0.222. The largest absolute Gasteiger partial charge is 0.497 e. The molecule has 1 aromatic carbocycles. The van der Waals surface area contributed by atoms with Gasteiger partial charge < -0.3 is 9.84 Å². The normalized spacial score (nSPS) is 13.3. The summed E-state index contributed by atoms with van der Waals surface area (Å²) in [7, 11) is 1.64. The minimum absolute atomic E-state index is 0.0806. The predicted molar refractivity (Wildman–Crippen MR) is 80.1 cm³/mol. The van der Waals surface area contributed by atoms with Gasteiger partial charge in [0.2, 0.25) is 0 Å². The van der Waals surface area contributed by atoms with Gasteiger partial charge in [0.25, 0.3) is 0 Å². The Morgan fingerprint density at radius 1 is 1.30 bits per heavy atom. The number of methoxy groups -OCH3 is 1.